The molecule has 8 atom stereocenters. The molecule has 1 fully saturated rings. The van der Waals surface area contributed by atoms with E-state index < -0.39 is 252 Å². The number of carboxylic acid groups (broad SMARTS) is 5. The van der Waals surface area contributed by atoms with E-state index >= 15 is 0 Å². The molecule has 2 aromatic carbocycles. The summed E-state index contributed by atoms with van der Waals surface area (Å²) in [5, 5.41) is 72.8. The van der Waals surface area contributed by atoms with E-state index in [1.54, 1.807) is 70.4 Å². The summed E-state index contributed by atoms with van der Waals surface area (Å²) in [4.78, 5) is 213. The minimum absolute atomic E-state index is 0.119. The fraction of sp³-hybridized carbons (Fsp3) is 0.560. The minimum atomic E-state index is -4.63. The molecule has 3 aliphatic rings. The molecular weight excluding hydrogens is 1740 g/mol. The van der Waals surface area contributed by atoms with E-state index in [0.29, 0.717) is 43.6 Å². The van der Waals surface area contributed by atoms with Gasteiger partial charge in [0.15, 0.2) is 5.71 Å². The lowest BCUT2D eigenvalue weighted by atomic mass is 9.81. The van der Waals surface area contributed by atoms with Crippen molar-refractivity contribution in [1.29, 1.82) is 0 Å². The van der Waals surface area contributed by atoms with E-state index in [1.165, 1.54) is 40.9 Å². The Morgan fingerprint density at radius 3 is 1.50 bits per heavy atom. The Hall–Kier alpha value is -11.5. The highest BCUT2D eigenvalue weighted by Gasteiger charge is 2.46. The Kier molecular flexibility index (Phi) is 42.1. The average Bonchev–Trinajstić information content (AvgIpc) is 1.59. The number of ether oxygens (including phenoxy) is 1. The topological polar surface area (TPSA) is 622 Å². The Balaban J connectivity index is 1.22. The number of hydrogen-bond acceptors (Lipinski definition) is 23. The fourth-order valence-electron chi connectivity index (χ4n) is 14.7. The second-order valence-electron chi connectivity index (χ2n) is 32.6. The smallest absolute Gasteiger partial charge is 0.303 e. The van der Waals surface area contributed by atoms with Crippen molar-refractivity contribution in [1.82, 2.24) is 58.1 Å². The van der Waals surface area contributed by atoms with Crippen LogP contribution in [0.4, 0.5) is 11.4 Å². The quantitative estimate of drug-likeness (QED) is 0.0196. The largest absolute Gasteiger partial charge is 0.481 e. The van der Waals surface area contributed by atoms with Crippen molar-refractivity contribution in [2.45, 2.75) is 246 Å². The zero-order valence-corrected chi connectivity index (χ0v) is 75.7. The molecular formula is C84H120N13O28S3+. The predicted molar refractivity (Wildman–Crippen MR) is 466 cm³/mol. The summed E-state index contributed by atoms with van der Waals surface area (Å²) in [7, 11) is -9.08. The normalized spacial score (nSPS) is 16.6. The second kappa shape index (κ2) is 50.3. The van der Waals surface area contributed by atoms with Crippen LogP contribution in [0.5, 0.6) is 0 Å². The van der Waals surface area contributed by atoms with Gasteiger partial charge in [-0.15, -0.1) is 0 Å². The highest BCUT2D eigenvalue weighted by Crippen LogP contribution is 2.49. The van der Waals surface area contributed by atoms with Crippen molar-refractivity contribution >= 4 is 144 Å². The maximum atomic E-state index is 14.3. The molecule has 3 heterocycles. The number of nitrogens with one attached hydrogen (secondary N) is 10. The number of likely N-dealkylation sites (tertiary alicyclic amines) is 1. The number of carboxylic acids is 5. The third-order valence-corrected chi connectivity index (χ3v) is 23.5. The molecule has 44 heteroatoms. The van der Waals surface area contributed by atoms with Crippen molar-refractivity contribution in [2.75, 3.05) is 62.8 Å². The van der Waals surface area contributed by atoms with E-state index in [1.807, 2.05) is 62.3 Å². The lowest BCUT2D eigenvalue weighted by molar-refractivity contribution is -0.433. The van der Waals surface area contributed by atoms with Gasteiger partial charge in [-0.1, -0.05) is 64.5 Å². The van der Waals surface area contributed by atoms with Crippen LogP contribution in [-0.4, -0.2) is 274 Å². The van der Waals surface area contributed by atoms with Crippen LogP contribution in [0.1, 0.15) is 183 Å². The number of rotatable bonds is 55. The molecule has 0 aromatic heterocycles. The van der Waals surface area contributed by atoms with Crippen molar-refractivity contribution in [3.8, 4) is 0 Å². The monoisotopic (exact) mass is 1850 g/mol. The first-order valence-corrected chi connectivity index (χ1v) is 46.1. The zero-order valence-electron chi connectivity index (χ0n) is 73.2. The van der Waals surface area contributed by atoms with Crippen LogP contribution in [0.15, 0.2) is 94.4 Å². The summed E-state index contributed by atoms with van der Waals surface area (Å²) in [6.45, 7) is 15.8. The molecule has 0 saturated carbocycles. The van der Waals surface area contributed by atoms with E-state index in [2.05, 4.69) is 53.2 Å². The molecule has 128 heavy (non-hydrogen) atoms. The molecule has 41 nitrogen and oxygen atoms in total. The van der Waals surface area contributed by atoms with Crippen LogP contribution < -0.4 is 58.1 Å². The number of hydrogen-bond donors (Lipinski definition) is 17. The number of nitrogens with zero attached hydrogens (tertiary/aromatic N) is 3. The molecule has 3 aliphatic heterocycles. The van der Waals surface area contributed by atoms with Gasteiger partial charge in [0.1, 0.15) is 61.5 Å². The maximum Gasteiger partial charge on any atom is 0.303 e. The molecule has 0 radical (unpaired) electrons. The molecule has 0 aliphatic carbocycles. The van der Waals surface area contributed by atoms with E-state index in [0.717, 1.165) is 22.7 Å². The van der Waals surface area contributed by atoms with Crippen LogP contribution in [0.2, 0.25) is 0 Å². The number of allylic oxidation sites excluding steroid dienone is 8. The number of amides is 11. The Morgan fingerprint density at radius 2 is 1.01 bits per heavy atom. The molecule has 2 aromatic rings. The number of carbonyl (C=O) groups is 16. The molecule has 17 N–H and O–H groups in total. The second-order valence-corrected chi connectivity index (χ2v) is 36.3. The van der Waals surface area contributed by atoms with Gasteiger partial charge in [-0.05, 0) is 153 Å². The highest BCUT2D eigenvalue weighted by molar-refractivity contribution is 7.98. The predicted octanol–water partition coefficient (Wildman–Crippen LogP) is 2.38. The molecule has 0 bridgehead atoms. The van der Waals surface area contributed by atoms with Gasteiger partial charge in [0.2, 0.25) is 70.7 Å². The molecule has 11 amide bonds. The average molecular weight is 1860 g/mol. The van der Waals surface area contributed by atoms with Crippen molar-refractivity contribution in [2.24, 2.45) is 5.92 Å². The molecule has 706 valence electrons. The van der Waals surface area contributed by atoms with Crippen LogP contribution in [-0.2, 0) is 113 Å². The number of benzene rings is 2. The van der Waals surface area contributed by atoms with Gasteiger partial charge in [0, 0.05) is 104 Å². The van der Waals surface area contributed by atoms with Gasteiger partial charge in [-0.25, -0.2) is 0 Å². The molecule has 0 unspecified atom stereocenters. The highest BCUT2D eigenvalue weighted by atomic mass is 32.2. The van der Waals surface area contributed by atoms with Crippen LogP contribution in [0, 0.1) is 5.92 Å². The van der Waals surface area contributed by atoms with Crippen LogP contribution >= 0.6 is 11.8 Å². The summed E-state index contributed by atoms with van der Waals surface area (Å²) >= 11 is 1.32. The number of aliphatic carboxylic acids is 5. The van der Waals surface area contributed by atoms with Gasteiger partial charge >= 0.3 is 29.8 Å². The Bertz CT molecular complexity index is 4810. The van der Waals surface area contributed by atoms with Crippen LogP contribution in [0.3, 0.4) is 0 Å². The molecule has 1 saturated heterocycles. The van der Waals surface area contributed by atoms with Crippen molar-refractivity contribution in [3.05, 3.63) is 95.8 Å². The first-order chi connectivity index (χ1) is 60.0. The summed E-state index contributed by atoms with van der Waals surface area (Å²) in [5.41, 5.74) is 2.85. The first kappa shape index (κ1) is 107. The van der Waals surface area contributed by atoms with E-state index in [-0.39, 0.29) is 72.9 Å². The number of thioether (sulfide) groups is 1. The van der Waals surface area contributed by atoms with Gasteiger partial charge < -0.3 is 93.2 Å². The fourth-order valence-corrected chi connectivity index (χ4v) is 16.2. The van der Waals surface area contributed by atoms with Gasteiger partial charge in [-0.2, -0.15) is 33.2 Å². The minimum Gasteiger partial charge on any atom is -0.481 e. The Labute approximate surface area is 746 Å². The summed E-state index contributed by atoms with van der Waals surface area (Å²) in [6.07, 6.45) is 8.31. The standard InChI is InChI=1S/C84H119N13O28S3/c1-11-95-62-32-25-51(127(119,120)121)44-53(62)83(6,7)65(95)22-16-13-12-14-17-23-66-84(8,9)54-45-52(128(122,123)124)26-33-63(54)96(66)40-19-15-18-24-67(98)88-56(28-35-71(103)104)77(113)91-58(30-37-73(107)108)79(115)93-59(31-38-74(109)110)80(116)92-57(29-36-72(105)106)78(114)90-55(27-34-70(101)102)75(111)85-39-42-125-47-69(100)97-41-20-21-64(97)82(118)94-60(43-49(2)3)76(112)86-46-68(99)89-61(48-126-10)81(117)87-50(4)5/h12-14,16-17,22-23,25-26,32-33,44-45,49-50,55-61,64H,11,15,18-21,24,27-31,34-43,46-48H2,1-10H3,(H16-,85,86,87,88,89,90,91,92,93,94,98,99,101,102,103,104,105,106,107,108,109,110,111,112,113,114,115,116,117,118,119,120,121,122,123,124)/p+1/t55-,56-,57-,58-,59-,60+,61+,64+/m1/s1. The zero-order chi connectivity index (χ0) is 95.7. The van der Waals surface area contributed by atoms with Crippen molar-refractivity contribution < 1.29 is 137 Å². The van der Waals surface area contributed by atoms with Gasteiger partial charge in [0.05, 0.1) is 28.4 Å². The molecule has 5 rings (SSSR count). The van der Waals surface area contributed by atoms with E-state index in [4.69, 9.17) is 4.74 Å². The number of unbranched alkanes of at least 4 members (excludes halogenated alkanes) is 2. The van der Waals surface area contributed by atoms with Crippen LogP contribution in [0.25, 0.3) is 0 Å². The van der Waals surface area contributed by atoms with Gasteiger partial charge in [-0.3, -0.25) is 85.8 Å². The SMILES string of the molecule is CC[N+]1=C(/C=C/C=C/C=C/C=C2/N(CCCCCC(=O)N[C@H](CCC(=O)O)C(=O)N[C@H](CCC(=O)O)C(=O)N[C@H](CCC(=O)O)C(=O)N[C@H](CCC(=O)O)C(=O)N[C@H](CCC(=O)O)C(=O)NCCOCC(=O)N3CCC[C@H]3C(=O)N[C@@H](CC(C)C)C(=O)NCC(=O)N[C@@H](CSC)C(=O)NC(C)C)c3ccc(S(=O)(=O)O)cc3C2(C)C)C(C)(C)c2cc(S(=O)(=O)O)ccc21. The number of fused-ring (bicyclic) bond motifs is 2. The van der Waals surface area contributed by atoms with E-state index in [9.17, 15) is 128 Å². The first-order valence-electron chi connectivity index (χ1n) is 41.8. The summed E-state index contributed by atoms with van der Waals surface area (Å²) < 4.78 is 76.1. The maximum absolute atomic E-state index is 14.3. The third kappa shape index (κ3) is 33.6. The number of anilines is 1. The van der Waals surface area contributed by atoms with Crippen molar-refractivity contribution in [3.63, 3.8) is 0 Å². The third-order valence-electron chi connectivity index (χ3n) is 21.1. The number of carbonyl (C=O) groups excluding carboxylic acids is 11. The summed E-state index contributed by atoms with van der Waals surface area (Å²) in [6, 6.07) is -3.89. The lowest BCUT2D eigenvalue weighted by Crippen LogP contribution is -2.59. The Morgan fingerprint density at radius 1 is 0.539 bits per heavy atom. The molecule has 0 spiro atoms. The summed E-state index contributed by atoms with van der Waals surface area (Å²) in [5.74, 6) is -17.4. The van der Waals surface area contributed by atoms with Gasteiger partial charge in [0.25, 0.3) is 20.2 Å². The lowest BCUT2D eigenvalue weighted by Gasteiger charge is -2.27.